The summed E-state index contributed by atoms with van der Waals surface area (Å²) in [5.41, 5.74) is -0.00964. The number of amides is 2. The van der Waals surface area contributed by atoms with Gasteiger partial charge in [-0.15, -0.1) is 0 Å². The SMILES string of the molecule is COCCNC(=O)c1ccccc1NC(=O)CN(c1ccccc1F)S(=O)(=O)c1ccc(OC)c(OC)c1. The predicted molar refractivity (Wildman–Crippen MR) is 140 cm³/mol. The molecule has 0 saturated carbocycles. The van der Waals surface area contributed by atoms with Crippen molar-refractivity contribution in [2.75, 3.05) is 50.6 Å². The van der Waals surface area contributed by atoms with Gasteiger partial charge >= 0.3 is 0 Å². The van der Waals surface area contributed by atoms with E-state index in [0.717, 1.165) is 6.07 Å². The van der Waals surface area contributed by atoms with Crippen LogP contribution in [0.2, 0.25) is 0 Å². The minimum Gasteiger partial charge on any atom is -0.493 e. The first-order valence-corrected chi connectivity index (χ1v) is 12.8. The van der Waals surface area contributed by atoms with E-state index in [1.807, 2.05) is 0 Å². The van der Waals surface area contributed by atoms with Crippen molar-refractivity contribution in [3.8, 4) is 11.5 Å². The lowest BCUT2D eigenvalue weighted by Crippen LogP contribution is -2.39. The molecule has 0 aliphatic carbocycles. The number of ether oxygens (including phenoxy) is 3. The number of hydrogen-bond donors (Lipinski definition) is 2. The zero-order chi connectivity index (χ0) is 27.7. The minimum absolute atomic E-state index is 0.139. The van der Waals surface area contributed by atoms with Crippen LogP contribution in [0.1, 0.15) is 10.4 Å². The number of benzene rings is 3. The van der Waals surface area contributed by atoms with Crippen molar-refractivity contribution in [1.82, 2.24) is 5.32 Å². The van der Waals surface area contributed by atoms with E-state index in [1.54, 1.807) is 12.1 Å². The summed E-state index contributed by atoms with van der Waals surface area (Å²) in [6, 6.07) is 15.3. The van der Waals surface area contributed by atoms with Crippen LogP contribution in [0.3, 0.4) is 0 Å². The number of nitrogens with zero attached hydrogens (tertiary/aromatic N) is 1. The minimum atomic E-state index is -4.46. The first kappa shape index (κ1) is 28.4. The maximum absolute atomic E-state index is 14.8. The van der Waals surface area contributed by atoms with Gasteiger partial charge in [0.2, 0.25) is 5.91 Å². The average Bonchev–Trinajstić information content (AvgIpc) is 2.92. The summed E-state index contributed by atoms with van der Waals surface area (Å²) in [4.78, 5) is 25.4. The maximum atomic E-state index is 14.8. The quantitative estimate of drug-likeness (QED) is 0.335. The fourth-order valence-corrected chi connectivity index (χ4v) is 4.97. The van der Waals surface area contributed by atoms with Crippen molar-refractivity contribution in [3.63, 3.8) is 0 Å². The summed E-state index contributed by atoms with van der Waals surface area (Å²) in [6.45, 7) is -0.231. The van der Waals surface area contributed by atoms with Gasteiger partial charge in [0.05, 0.1) is 42.7 Å². The van der Waals surface area contributed by atoms with E-state index in [4.69, 9.17) is 14.2 Å². The van der Waals surface area contributed by atoms with Crippen LogP contribution >= 0.6 is 0 Å². The van der Waals surface area contributed by atoms with Crippen molar-refractivity contribution in [1.29, 1.82) is 0 Å². The number of rotatable bonds is 12. The summed E-state index contributed by atoms with van der Waals surface area (Å²) in [5, 5.41) is 5.22. The fraction of sp³-hybridized carbons (Fsp3) is 0.231. The van der Waals surface area contributed by atoms with E-state index in [2.05, 4.69) is 10.6 Å². The number of nitrogens with one attached hydrogen (secondary N) is 2. The lowest BCUT2D eigenvalue weighted by Gasteiger charge is -2.25. The molecule has 0 aliphatic heterocycles. The fourth-order valence-electron chi connectivity index (χ4n) is 3.53. The van der Waals surface area contributed by atoms with Crippen LogP contribution in [-0.2, 0) is 19.6 Å². The summed E-state index contributed by atoms with van der Waals surface area (Å²) in [7, 11) is -0.214. The van der Waals surface area contributed by atoms with E-state index < -0.39 is 34.2 Å². The van der Waals surface area contributed by atoms with E-state index in [0.29, 0.717) is 16.7 Å². The lowest BCUT2D eigenvalue weighted by atomic mass is 10.1. The Morgan fingerprint density at radius 3 is 2.29 bits per heavy atom. The van der Waals surface area contributed by atoms with Crippen molar-refractivity contribution in [3.05, 3.63) is 78.1 Å². The molecule has 0 heterocycles. The van der Waals surface area contributed by atoms with Crippen LogP contribution in [0.15, 0.2) is 71.6 Å². The molecule has 0 aromatic heterocycles. The zero-order valence-corrected chi connectivity index (χ0v) is 21.9. The molecule has 3 aromatic carbocycles. The second-order valence-electron chi connectivity index (χ2n) is 7.82. The molecule has 3 aromatic rings. The Bertz CT molecular complexity index is 1400. The Morgan fingerprint density at radius 2 is 1.61 bits per heavy atom. The molecule has 2 amide bonds. The zero-order valence-electron chi connectivity index (χ0n) is 21.1. The van der Waals surface area contributed by atoms with Crippen molar-refractivity contribution in [2.45, 2.75) is 4.90 Å². The number of carbonyl (C=O) groups excluding carboxylic acids is 2. The Morgan fingerprint density at radius 1 is 0.921 bits per heavy atom. The second-order valence-corrected chi connectivity index (χ2v) is 9.68. The van der Waals surface area contributed by atoms with Gasteiger partial charge in [-0.1, -0.05) is 24.3 Å². The largest absolute Gasteiger partial charge is 0.493 e. The van der Waals surface area contributed by atoms with Crippen LogP contribution < -0.4 is 24.4 Å². The van der Waals surface area contributed by atoms with Crippen molar-refractivity contribution in [2.24, 2.45) is 0 Å². The smallest absolute Gasteiger partial charge is 0.265 e. The number of anilines is 2. The summed E-state index contributed by atoms with van der Waals surface area (Å²) in [6.07, 6.45) is 0. The van der Waals surface area contributed by atoms with Crippen LogP contribution in [-0.4, -0.2) is 61.3 Å². The molecular weight excluding hydrogens is 517 g/mol. The van der Waals surface area contributed by atoms with Gasteiger partial charge in [-0.05, 0) is 36.4 Å². The normalized spacial score (nSPS) is 10.9. The van der Waals surface area contributed by atoms with E-state index >= 15 is 0 Å². The van der Waals surface area contributed by atoms with Crippen LogP contribution in [0.4, 0.5) is 15.8 Å². The highest BCUT2D eigenvalue weighted by Crippen LogP contribution is 2.33. The second kappa shape index (κ2) is 12.9. The average molecular weight is 546 g/mol. The Labute approximate surface area is 220 Å². The van der Waals surface area contributed by atoms with Crippen LogP contribution in [0.25, 0.3) is 0 Å². The highest BCUT2D eigenvalue weighted by atomic mass is 32.2. The molecule has 0 atom stereocenters. The van der Waals surface area contributed by atoms with Gasteiger partial charge in [-0.2, -0.15) is 0 Å². The lowest BCUT2D eigenvalue weighted by molar-refractivity contribution is -0.114. The molecule has 10 nitrogen and oxygen atoms in total. The van der Waals surface area contributed by atoms with Crippen LogP contribution in [0.5, 0.6) is 11.5 Å². The van der Waals surface area contributed by atoms with Crippen molar-refractivity contribution < 1.29 is 36.6 Å². The third-order valence-corrected chi connectivity index (χ3v) is 7.14. The molecule has 12 heteroatoms. The first-order valence-electron chi connectivity index (χ1n) is 11.4. The summed E-state index contributed by atoms with van der Waals surface area (Å²) >= 11 is 0. The van der Waals surface area contributed by atoms with Gasteiger partial charge in [-0.25, -0.2) is 12.8 Å². The molecule has 38 heavy (non-hydrogen) atoms. The molecule has 0 aliphatic rings. The maximum Gasteiger partial charge on any atom is 0.265 e. The Hall–Kier alpha value is -4.16. The number of hydrogen-bond acceptors (Lipinski definition) is 7. The predicted octanol–water partition coefficient (Wildman–Crippen LogP) is 3.05. The number of methoxy groups -OCH3 is 3. The molecule has 0 saturated heterocycles. The summed E-state index contributed by atoms with van der Waals surface area (Å²) < 4.78 is 58.1. The number of sulfonamides is 1. The molecule has 0 bridgehead atoms. The molecule has 0 radical (unpaired) electrons. The first-order chi connectivity index (χ1) is 18.2. The molecule has 3 rings (SSSR count). The molecule has 202 valence electrons. The molecule has 0 unspecified atom stereocenters. The van der Waals surface area contributed by atoms with E-state index in [-0.39, 0.29) is 34.1 Å². The third kappa shape index (κ3) is 6.58. The molecular formula is C26H28FN3O7S. The highest BCUT2D eigenvalue weighted by Gasteiger charge is 2.30. The van der Waals surface area contributed by atoms with Gasteiger partial charge in [0.15, 0.2) is 11.5 Å². The van der Waals surface area contributed by atoms with Crippen LogP contribution in [0, 0.1) is 5.82 Å². The molecule has 0 fully saturated rings. The van der Waals surface area contributed by atoms with E-state index in [1.165, 1.54) is 69.9 Å². The van der Waals surface area contributed by atoms with Gasteiger partial charge in [0, 0.05) is 19.7 Å². The van der Waals surface area contributed by atoms with Gasteiger partial charge in [-0.3, -0.25) is 13.9 Å². The van der Waals surface area contributed by atoms with Crippen molar-refractivity contribution >= 4 is 33.2 Å². The van der Waals surface area contributed by atoms with Gasteiger partial charge in [0.25, 0.3) is 15.9 Å². The number of para-hydroxylation sites is 2. The Kier molecular flexibility index (Phi) is 9.63. The number of carbonyl (C=O) groups is 2. The Balaban J connectivity index is 1.95. The van der Waals surface area contributed by atoms with E-state index in [9.17, 15) is 22.4 Å². The van der Waals surface area contributed by atoms with Gasteiger partial charge < -0.3 is 24.8 Å². The summed E-state index contributed by atoms with van der Waals surface area (Å²) in [5.74, 6) is -1.67. The topological polar surface area (TPSA) is 123 Å². The van der Waals surface area contributed by atoms with Gasteiger partial charge in [0.1, 0.15) is 12.4 Å². The number of halogens is 1. The highest BCUT2D eigenvalue weighted by molar-refractivity contribution is 7.92. The third-order valence-electron chi connectivity index (χ3n) is 5.39. The standard InChI is InChI=1S/C26H28FN3O7S/c1-35-15-14-28-26(32)19-8-4-6-10-21(19)29-25(31)17-30(22-11-7-5-9-20(22)27)38(33,34)18-12-13-23(36-2)24(16-18)37-3/h4-13,16H,14-15,17H2,1-3H3,(H,28,32)(H,29,31). The monoisotopic (exact) mass is 545 g/mol. The molecule has 0 spiro atoms. The molecule has 2 N–H and O–H groups in total.